The maximum absolute atomic E-state index is 2.51. The summed E-state index contributed by atoms with van der Waals surface area (Å²) in [5, 5.41) is 0. The van der Waals surface area contributed by atoms with E-state index < -0.39 is 23.2 Å². The van der Waals surface area contributed by atoms with Crippen LogP contribution < -0.4 is 0 Å². The van der Waals surface area contributed by atoms with Crippen LogP contribution in [0.3, 0.4) is 0 Å². The van der Waals surface area contributed by atoms with Crippen molar-refractivity contribution in [1.29, 1.82) is 0 Å². The molecule has 0 aromatic heterocycles. The molecule has 102 valence electrons. The van der Waals surface area contributed by atoms with E-state index in [1.807, 2.05) is 6.56 Å². The molecule has 0 saturated heterocycles. The summed E-state index contributed by atoms with van der Waals surface area (Å²) in [5.41, 5.74) is 6.89. The molecule has 0 bridgehead atoms. The van der Waals surface area contributed by atoms with E-state index in [0.717, 1.165) is 0 Å². The molecule has 2 aliphatic rings. The van der Waals surface area contributed by atoms with E-state index in [2.05, 4.69) is 39.8 Å². The molecule has 0 N–H and O–H groups in total. The van der Waals surface area contributed by atoms with Gasteiger partial charge in [-0.1, -0.05) is 0 Å². The standard InChI is InChI=1S/2C9H13.Zr/c2*1-3-8-5-6-9(4-2)7-8;/h2*5H,3-4,6H2,1-2H3;. The number of hydrogen-bond acceptors (Lipinski definition) is 0. The molecule has 0 aromatic rings. The van der Waals surface area contributed by atoms with E-state index in [4.69, 9.17) is 0 Å². The summed E-state index contributed by atoms with van der Waals surface area (Å²) in [7, 11) is 0. The molecule has 2 aliphatic carbocycles. The van der Waals surface area contributed by atoms with Crippen LogP contribution in [0, 0.1) is 0 Å². The second-order valence-corrected chi connectivity index (χ2v) is 8.44. The predicted molar refractivity (Wildman–Crippen MR) is 80.6 cm³/mol. The molecule has 0 aliphatic heterocycles. The van der Waals surface area contributed by atoms with Crippen LogP contribution in [-0.4, -0.2) is 0 Å². The third-order valence-electron chi connectivity index (χ3n) is 4.40. The van der Waals surface area contributed by atoms with Crippen molar-refractivity contribution in [2.75, 3.05) is 0 Å². The Balaban J connectivity index is 2.28. The van der Waals surface area contributed by atoms with Gasteiger partial charge in [0.15, 0.2) is 0 Å². The Morgan fingerprint density at radius 3 is 1.47 bits per heavy atom. The third-order valence-corrected chi connectivity index (χ3v) is 8.95. The molecule has 0 spiro atoms. The van der Waals surface area contributed by atoms with Gasteiger partial charge in [0.25, 0.3) is 0 Å². The van der Waals surface area contributed by atoms with Crippen LogP contribution in [0.2, 0.25) is 0 Å². The Kier molecular flexibility index (Phi) is 5.63. The van der Waals surface area contributed by atoms with Crippen molar-refractivity contribution in [3.63, 3.8) is 0 Å². The first-order valence-corrected chi connectivity index (χ1v) is 10.3. The predicted octanol–water partition coefficient (Wildman–Crippen LogP) is 5.88. The molecule has 1 heteroatoms. The summed E-state index contributed by atoms with van der Waals surface area (Å²) in [5.74, 6) is 0. The van der Waals surface area contributed by atoms with Gasteiger partial charge in [-0.25, -0.2) is 0 Å². The Morgan fingerprint density at radius 2 is 1.16 bits per heavy atom. The van der Waals surface area contributed by atoms with Crippen molar-refractivity contribution in [3.8, 4) is 0 Å². The summed E-state index contributed by atoms with van der Waals surface area (Å²) in [6, 6.07) is 0. The molecule has 0 amide bonds. The SMILES string of the molecule is CCC1=CCC(CC)=[C]1[Zr][C]1=C(CC)CC=C1CC. The minimum atomic E-state index is -0.571. The Labute approximate surface area is 130 Å². The van der Waals surface area contributed by atoms with E-state index in [9.17, 15) is 0 Å². The van der Waals surface area contributed by atoms with Gasteiger partial charge >= 0.3 is 130 Å². The van der Waals surface area contributed by atoms with Gasteiger partial charge in [0.2, 0.25) is 0 Å². The van der Waals surface area contributed by atoms with Gasteiger partial charge in [0, 0.05) is 0 Å². The first-order valence-electron chi connectivity index (χ1n) is 7.84. The van der Waals surface area contributed by atoms with E-state index in [1.54, 1.807) is 22.3 Å². The molecule has 0 fully saturated rings. The van der Waals surface area contributed by atoms with Gasteiger partial charge < -0.3 is 0 Å². The number of hydrogen-bond donors (Lipinski definition) is 0. The van der Waals surface area contributed by atoms with Gasteiger partial charge in [-0.05, 0) is 0 Å². The summed E-state index contributed by atoms with van der Waals surface area (Å²) >= 11 is -0.571. The van der Waals surface area contributed by atoms with Gasteiger partial charge in [-0.2, -0.15) is 0 Å². The molecular weight excluding hydrogens is 307 g/mol. The molecule has 0 nitrogen and oxygen atoms in total. The van der Waals surface area contributed by atoms with Crippen molar-refractivity contribution in [2.24, 2.45) is 0 Å². The summed E-state index contributed by atoms with van der Waals surface area (Å²) in [6.07, 6.45) is 12.5. The van der Waals surface area contributed by atoms with Crippen molar-refractivity contribution < 1.29 is 23.2 Å². The first-order chi connectivity index (χ1) is 9.24. The van der Waals surface area contributed by atoms with E-state index >= 15 is 0 Å². The normalized spacial score (nSPS) is 19.2. The number of rotatable bonds is 6. The molecular formula is C18H26Zr. The van der Waals surface area contributed by atoms with Crippen molar-refractivity contribution >= 4 is 0 Å². The fourth-order valence-electron chi connectivity index (χ4n) is 3.10. The van der Waals surface area contributed by atoms with Crippen LogP contribution in [-0.2, 0) is 23.2 Å². The molecule has 0 heterocycles. The Morgan fingerprint density at radius 1 is 0.737 bits per heavy atom. The van der Waals surface area contributed by atoms with Crippen LogP contribution in [0.15, 0.2) is 41.0 Å². The average molecular weight is 334 g/mol. The molecule has 0 unspecified atom stereocenters. The zero-order chi connectivity index (χ0) is 13.8. The topological polar surface area (TPSA) is 0 Å². The van der Waals surface area contributed by atoms with Gasteiger partial charge in [-0.3, -0.25) is 0 Å². The van der Waals surface area contributed by atoms with E-state index in [0.29, 0.717) is 0 Å². The molecule has 0 saturated carbocycles. The zero-order valence-corrected chi connectivity index (χ0v) is 15.4. The molecule has 0 aromatic carbocycles. The molecule has 0 atom stereocenters. The Hall–Kier alpha value is -0.157. The second kappa shape index (κ2) is 7.03. The zero-order valence-electron chi connectivity index (χ0n) is 12.9. The van der Waals surface area contributed by atoms with Crippen LogP contribution in [0.1, 0.15) is 66.2 Å². The second-order valence-electron chi connectivity index (χ2n) is 5.36. The van der Waals surface area contributed by atoms with E-state index in [-0.39, 0.29) is 0 Å². The fourth-order valence-corrected chi connectivity index (χ4v) is 8.12. The molecule has 19 heavy (non-hydrogen) atoms. The first kappa shape index (κ1) is 15.2. The van der Waals surface area contributed by atoms with Crippen LogP contribution in [0.25, 0.3) is 0 Å². The van der Waals surface area contributed by atoms with Crippen LogP contribution >= 0.6 is 0 Å². The monoisotopic (exact) mass is 332 g/mol. The van der Waals surface area contributed by atoms with Crippen LogP contribution in [0.5, 0.6) is 0 Å². The van der Waals surface area contributed by atoms with Crippen molar-refractivity contribution in [2.45, 2.75) is 66.2 Å². The summed E-state index contributed by atoms with van der Waals surface area (Å²) in [4.78, 5) is 0. The van der Waals surface area contributed by atoms with Crippen molar-refractivity contribution in [1.82, 2.24) is 0 Å². The van der Waals surface area contributed by atoms with Gasteiger partial charge in [-0.15, -0.1) is 0 Å². The third kappa shape index (κ3) is 3.13. The number of allylic oxidation sites excluding steroid dienone is 8. The average Bonchev–Trinajstić information content (AvgIpc) is 3.02. The molecule has 2 rings (SSSR count). The van der Waals surface area contributed by atoms with E-state index in [1.165, 1.54) is 38.5 Å². The maximum atomic E-state index is 2.51. The Bertz CT molecular complexity index is 428. The molecule has 0 radical (unpaired) electrons. The quantitative estimate of drug-likeness (QED) is 0.569. The fraction of sp³-hybridized carbons (Fsp3) is 0.556. The van der Waals surface area contributed by atoms with Gasteiger partial charge in [0.1, 0.15) is 0 Å². The van der Waals surface area contributed by atoms with Crippen molar-refractivity contribution in [3.05, 3.63) is 41.0 Å². The van der Waals surface area contributed by atoms with Gasteiger partial charge in [0.05, 0.1) is 0 Å². The summed E-state index contributed by atoms with van der Waals surface area (Å²) in [6.45, 7) is 9.32. The van der Waals surface area contributed by atoms with Crippen LogP contribution in [0.4, 0.5) is 0 Å². The minimum absolute atomic E-state index is 0.571. The summed E-state index contributed by atoms with van der Waals surface area (Å²) < 4.78 is 3.69.